The van der Waals surface area contributed by atoms with Gasteiger partial charge >= 0.3 is 0 Å². The Hall–Kier alpha value is -1.53. The number of hydrogen-bond acceptors (Lipinski definition) is 5. The molecule has 0 fully saturated rings. The van der Waals surface area contributed by atoms with Gasteiger partial charge in [-0.1, -0.05) is 23.4 Å². The molecule has 1 aromatic carbocycles. The molecule has 0 bridgehead atoms. The van der Waals surface area contributed by atoms with E-state index in [4.69, 9.17) is 16.0 Å². The SMILES string of the molecule is CC(C)NC(=O)CSc1nnc(-c2ccc(Cl)cc2)o1. The van der Waals surface area contributed by atoms with E-state index in [1.54, 1.807) is 24.3 Å². The number of nitrogens with one attached hydrogen (secondary N) is 1. The van der Waals surface area contributed by atoms with Crippen molar-refractivity contribution in [3.05, 3.63) is 29.3 Å². The molecule has 0 spiro atoms. The van der Waals surface area contributed by atoms with E-state index in [1.165, 1.54) is 11.8 Å². The summed E-state index contributed by atoms with van der Waals surface area (Å²) in [5.74, 6) is 0.602. The molecule has 5 nitrogen and oxygen atoms in total. The van der Waals surface area contributed by atoms with Crippen LogP contribution in [0.1, 0.15) is 13.8 Å². The Balaban J connectivity index is 1.95. The number of hydrogen-bond donors (Lipinski definition) is 1. The largest absolute Gasteiger partial charge is 0.411 e. The zero-order valence-electron chi connectivity index (χ0n) is 11.1. The first kappa shape index (κ1) is 14.9. The first-order valence-electron chi connectivity index (χ1n) is 6.06. The number of carbonyl (C=O) groups is 1. The number of benzene rings is 1. The van der Waals surface area contributed by atoms with Crippen LogP contribution in [0, 0.1) is 0 Å². The first-order valence-corrected chi connectivity index (χ1v) is 7.42. The van der Waals surface area contributed by atoms with E-state index < -0.39 is 0 Å². The average Bonchev–Trinajstić information content (AvgIpc) is 2.85. The number of rotatable bonds is 5. The molecule has 1 heterocycles. The third-order valence-corrected chi connectivity index (χ3v) is 3.34. The lowest BCUT2D eigenvalue weighted by molar-refractivity contribution is -0.119. The summed E-state index contributed by atoms with van der Waals surface area (Å²) in [5, 5.41) is 11.7. The number of halogens is 1. The molecule has 0 unspecified atom stereocenters. The van der Waals surface area contributed by atoms with Crippen LogP contribution >= 0.6 is 23.4 Å². The van der Waals surface area contributed by atoms with Crippen molar-refractivity contribution in [1.82, 2.24) is 15.5 Å². The average molecular weight is 312 g/mol. The van der Waals surface area contributed by atoms with Gasteiger partial charge in [-0.25, -0.2) is 0 Å². The molecule has 0 atom stereocenters. The van der Waals surface area contributed by atoms with Crippen molar-refractivity contribution in [3.63, 3.8) is 0 Å². The van der Waals surface area contributed by atoms with Gasteiger partial charge in [0.05, 0.1) is 5.75 Å². The fourth-order valence-corrected chi connectivity index (χ4v) is 2.17. The Morgan fingerprint density at radius 1 is 1.35 bits per heavy atom. The van der Waals surface area contributed by atoms with Crippen LogP contribution in [0.2, 0.25) is 5.02 Å². The summed E-state index contributed by atoms with van der Waals surface area (Å²) in [4.78, 5) is 11.5. The lowest BCUT2D eigenvalue weighted by Crippen LogP contribution is -2.31. The second-order valence-electron chi connectivity index (χ2n) is 4.39. The van der Waals surface area contributed by atoms with Crippen LogP contribution < -0.4 is 5.32 Å². The summed E-state index contributed by atoms with van der Waals surface area (Å²) in [6.07, 6.45) is 0. The fourth-order valence-electron chi connectivity index (χ4n) is 1.47. The number of carbonyl (C=O) groups excluding carboxylic acids is 1. The van der Waals surface area contributed by atoms with Crippen LogP contribution in [-0.2, 0) is 4.79 Å². The molecule has 0 saturated carbocycles. The topological polar surface area (TPSA) is 68.0 Å². The van der Waals surface area contributed by atoms with E-state index in [2.05, 4.69) is 15.5 Å². The van der Waals surface area contributed by atoms with Crippen LogP contribution in [-0.4, -0.2) is 27.9 Å². The summed E-state index contributed by atoms with van der Waals surface area (Å²) in [6.45, 7) is 3.82. The Bertz CT molecular complexity index is 584. The molecule has 0 aliphatic rings. The molecule has 7 heteroatoms. The molecule has 1 aromatic heterocycles. The van der Waals surface area contributed by atoms with E-state index in [0.29, 0.717) is 16.1 Å². The lowest BCUT2D eigenvalue weighted by atomic mass is 10.2. The number of thioether (sulfide) groups is 1. The lowest BCUT2D eigenvalue weighted by Gasteiger charge is -2.06. The first-order chi connectivity index (χ1) is 9.54. The van der Waals surface area contributed by atoms with Crippen LogP contribution in [0.25, 0.3) is 11.5 Å². The Morgan fingerprint density at radius 3 is 2.70 bits per heavy atom. The molecule has 0 radical (unpaired) electrons. The summed E-state index contributed by atoms with van der Waals surface area (Å²) in [6, 6.07) is 7.23. The molecular formula is C13H14ClN3O2S. The zero-order chi connectivity index (χ0) is 14.5. The molecular weight excluding hydrogens is 298 g/mol. The summed E-state index contributed by atoms with van der Waals surface area (Å²) in [5.41, 5.74) is 0.792. The zero-order valence-corrected chi connectivity index (χ0v) is 12.7. The smallest absolute Gasteiger partial charge is 0.277 e. The predicted molar refractivity (Wildman–Crippen MR) is 78.7 cm³/mol. The van der Waals surface area contributed by atoms with Gasteiger partial charge in [-0.15, -0.1) is 10.2 Å². The summed E-state index contributed by atoms with van der Waals surface area (Å²) in [7, 11) is 0. The second kappa shape index (κ2) is 6.76. The highest BCUT2D eigenvalue weighted by atomic mass is 35.5. The van der Waals surface area contributed by atoms with Crippen molar-refractivity contribution in [2.24, 2.45) is 0 Å². The molecule has 20 heavy (non-hydrogen) atoms. The Labute approximate surface area is 126 Å². The maximum absolute atomic E-state index is 11.5. The Morgan fingerprint density at radius 2 is 2.05 bits per heavy atom. The quantitative estimate of drug-likeness (QED) is 0.860. The molecule has 106 valence electrons. The van der Waals surface area contributed by atoms with E-state index in [1.807, 2.05) is 13.8 Å². The number of nitrogens with zero attached hydrogens (tertiary/aromatic N) is 2. The Kier molecular flexibility index (Phi) is 5.03. The van der Waals surface area contributed by atoms with Gasteiger partial charge in [0.2, 0.25) is 11.8 Å². The molecule has 0 aliphatic carbocycles. The molecule has 1 amide bonds. The van der Waals surface area contributed by atoms with Crippen LogP contribution in [0.5, 0.6) is 0 Å². The van der Waals surface area contributed by atoms with Crippen molar-refractivity contribution < 1.29 is 9.21 Å². The highest BCUT2D eigenvalue weighted by Crippen LogP contribution is 2.24. The van der Waals surface area contributed by atoms with Crippen molar-refractivity contribution in [2.75, 3.05) is 5.75 Å². The number of amides is 1. The molecule has 2 rings (SSSR count). The molecule has 2 aromatic rings. The highest BCUT2D eigenvalue weighted by molar-refractivity contribution is 7.99. The van der Waals surface area contributed by atoms with E-state index in [-0.39, 0.29) is 17.7 Å². The van der Waals surface area contributed by atoms with E-state index >= 15 is 0 Å². The normalized spacial score (nSPS) is 10.8. The monoisotopic (exact) mass is 311 g/mol. The van der Waals surface area contributed by atoms with Crippen molar-refractivity contribution in [3.8, 4) is 11.5 Å². The van der Waals surface area contributed by atoms with Gasteiger partial charge in [0.25, 0.3) is 5.22 Å². The minimum absolute atomic E-state index is 0.0590. The fraction of sp³-hybridized carbons (Fsp3) is 0.308. The molecule has 1 N–H and O–H groups in total. The van der Waals surface area contributed by atoms with Gasteiger partial charge in [-0.3, -0.25) is 4.79 Å². The predicted octanol–water partition coefficient (Wildman–Crippen LogP) is 3.01. The van der Waals surface area contributed by atoms with Crippen molar-refractivity contribution in [2.45, 2.75) is 25.1 Å². The molecule has 0 aliphatic heterocycles. The van der Waals surface area contributed by atoms with Gasteiger partial charge in [0.1, 0.15) is 0 Å². The van der Waals surface area contributed by atoms with Crippen molar-refractivity contribution >= 4 is 29.3 Å². The third kappa shape index (κ3) is 4.25. The van der Waals surface area contributed by atoms with Crippen LogP contribution in [0.15, 0.2) is 33.9 Å². The second-order valence-corrected chi connectivity index (χ2v) is 5.75. The third-order valence-electron chi connectivity index (χ3n) is 2.27. The van der Waals surface area contributed by atoms with E-state index in [0.717, 1.165) is 5.56 Å². The minimum Gasteiger partial charge on any atom is -0.411 e. The summed E-state index contributed by atoms with van der Waals surface area (Å²) >= 11 is 7.03. The number of aromatic nitrogens is 2. The maximum atomic E-state index is 11.5. The summed E-state index contributed by atoms with van der Waals surface area (Å²) < 4.78 is 5.48. The van der Waals surface area contributed by atoms with Gasteiger partial charge in [0.15, 0.2) is 0 Å². The standard InChI is InChI=1S/C13H14ClN3O2S/c1-8(2)15-11(18)7-20-13-17-16-12(19-13)9-3-5-10(14)6-4-9/h3-6,8H,7H2,1-2H3,(H,15,18). The van der Waals surface area contributed by atoms with E-state index in [9.17, 15) is 4.79 Å². The minimum atomic E-state index is -0.0590. The highest BCUT2D eigenvalue weighted by Gasteiger charge is 2.11. The van der Waals surface area contributed by atoms with Gasteiger partial charge in [-0.05, 0) is 38.1 Å². The maximum Gasteiger partial charge on any atom is 0.277 e. The van der Waals surface area contributed by atoms with Gasteiger partial charge in [-0.2, -0.15) is 0 Å². The van der Waals surface area contributed by atoms with Gasteiger partial charge < -0.3 is 9.73 Å². The molecule has 0 saturated heterocycles. The van der Waals surface area contributed by atoms with Crippen molar-refractivity contribution in [1.29, 1.82) is 0 Å². The van der Waals surface area contributed by atoms with Crippen LogP contribution in [0.4, 0.5) is 0 Å². The van der Waals surface area contributed by atoms with Gasteiger partial charge in [0, 0.05) is 16.6 Å². The van der Waals surface area contributed by atoms with Crippen LogP contribution in [0.3, 0.4) is 0 Å².